The highest BCUT2D eigenvalue weighted by atomic mass is 35.5. The molecule has 3 aliphatic rings. The highest BCUT2D eigenvalue weighted by molar-refractivity contribution is 6.30. The number of carboxylic acid groups (broad SMARTS) is 2. The minimum absolute atomic E-state index is 0.101. The number of hydrogen-bond acceptors (Lipinski definition) is 7. The number of carbonyl (C=O) groups excluding carboxylic acids is 1. The lowest BCUT2D eigenvalue weighted by molar-refractivity contribution is -0.144. The first-order valence-corrected chi connectivity index (χ1v) is 22.0. The van der Waals surface area contributed by atoms with Gasteiger partial charge in [-0.25, -0.2) is 9.59 Å². The van der Waals surface area contributed by atoms with Crippen LogP contribution in [0.25, 0.3) is 10.9 Å². The van der Waals surface area contributed by atoms with Crippen LogP contribution in [0, 0.1) is 11.8 Å². The molecule has 3 aromatic carbocycles. The third-order valence-corrected chi connectivity index (χ3v) is 13.8. The van der Waals surface area contributed by atoms with Gasteiger partial charge in [0.2, 0.25) is 5.91 Å². The third-order valence-electron chi connectivity index (χ3n) is 13.5. The number of H-pyrrole nitrogens is 1. The van der Waals surface area contributed by atoms with E-state index in [1.807, 2.05) is 42.6 Å². The summed E-state index contributed by atoms with van der Waals surface area (Å²) >= 11 is 6.30. The van der Waals surface area contributed by atoms with Gasteiger partial charge in [0.25, 0.3) is 0 Å². The average Bonchev–Trinajstić information content (AvgIpc) is 3.83. The second-order valence-electron chi connectivity index (χ2n) is 17.6. The number of aromatic amines is 1. The van der Waals surface area contributed by atoms with Crippen molar-refractivity contribution in [2.24, 2.45) is 11.8 Å². The van der Waals surface area contributed by atoms with Crippen molar-refractivity contribution in [3.8, 4) is 11.5 Å². The van der Waals surface area contributed by atoms with Gasteiger partial charge in [-0.05, 0) is 158 Å². The summed E-state index contributed by atoms with van der Waals surface area (Å²) in [6.07, 6.45) is 11.5. The predicted molar refractivity (Wildman–Crippen MR) is 236 cm³/mol. The zero-order valence-electron chi connectivity index (χ0n) is 34.8. The van der Waals surface area contributed by atoms with Gasteiger partial charge < -0.3 is 35.3 Å². The number of hydrogen-bond donors (Lipinski definition) is 5. The SMILES string of the molecule is C[C@@H](COc1ccnc2c1[C@H](C)CCC2)C[C@H]1Cc2ccc(OCCCC(=O)NC(C(=O)O)c3ccc4cc[nH]c4c3)cc2C12CCC(Nc1cccc(Cl)c1)(C(=O)O)CC2. The van der Waals surface area contributed by atoms with Crippen molar-refractivity contribution in [1.29, 1.82) is 0 Å². The van der Waals surface area contributed by atoms with Crippen molar-refractivity contribution in [3.05, 3.63) is 118 Å². The van der Waals surface area contributed by atoms with Gasteiger partial charge in [0.1, 0.15) is 17.0 Å². The molecule has 2 heterocycles. The van der Waals surface area contributed by atoms with Crippen LogP contribution in [0.2, 0.25) is 5.02 Å². The van der Waals surface area contributed by atoms with Crippen LogP contribution in [0.15, 0.2) is 85.2 Å². The Morgan fingerprint density at radius 3 is 2.62 bits per heavy atom. The molecule has 1 unspecified atom stereocenters. The minimum Gasteiger partial charge on any atom is -0.494 e. The van der Waals surface area contributed by atoms with Gasteiger partial charge in [-0.2, -0.15) is 0 Å². The van der Waals surface area contributed by atoms with Crippen molar-refractivity contribution < 1.29 is 34.1 Å². The average molecular weight is 847 g/mol. The van der Waals surface area contributed by atoms with E-state index in [0.717, 1.165) is 54.5 Å². The second kappa shape index (κ2) is 17.8. The number of ether oxygens (including phenoxy) is 2. The number of fused-ring (bicyclic) bond motifs is 4. The summed E-state index contributed by atoms with van der Waals surface area (Å²) in [5, 5.41) is 28.2. The van der Waals surface area contributed by atoms with Crippen LogP contribution in [0.3, 0.4) is 0 Å². The van der Waals surface area contributed by atoms with E-state index in [-0.39, 0.29) is 36.2 Å². The molecule has 1 saturated carbocycles. The van der Waals surface area contributed by atoms with Gasteiger partial charge in [0, 0.05) is 46.3 Å². The molecule has 12 heteroatoms. The van der Waals surface area contributed by atoms with Crippen molar-refractivity contribution in [3.63, 3.8) is 0 Å². The van der Waals surface area contributed by atoms with E-state index < -0.39 is 23.5 Å². The minimum atomic E-state index is -1.17. The molecule has 0 bridgehead atoms. The standard InChI is InChI=1S/C49H55ClN4O7/c1-30(29-61-42-16-22-51-40-9-3-6-31(2)44(40)42)24-35-25-33-13-14-38(60-23-5-10-43(55)53-45(46(56)57)34-12-11-32-15-21-52-41(32)26-34)28-39(33)48(35)17-19-49(20-18-48,47(58)59)54-37-8-4-7-36(50)27-37/h4,7-8,11-16,21-22,26-28,30-31,35,45,52,54H,3,5-6,9-10,17-20,23-25,29H2,1-2H3,(H,53,55)(H,56,57)(H,58,59)/t30-,31-,35+,45?,48?,49?/m1/s1. The number of carbonyl (C=O) groups is 3. The molecular weight excluding hydrogens is 792 g/mol. The molecule has 11 nitrogen and oxygen atoms in total. The molecule has 61 heavy (non-hydrogen) atoms. The maximum absolute atomic E-state index is 13.1. The van der Waals surface area contributed by atoms with E-state index in [1.54, 1.807) is 30.5 Å². The molecule has 2 aromatic heterocycles. The van der Waals surface area contributed by atoms with Crippen LogP contribution in [0.1, 0.15) is 112 Å². The van der Waals surface area contributed by atoms with Gasteiger partial charge in [-0.15, -0.1) is 0 Å². The first-order chi connectivity index (χ1) is 29.4. The Morgan fingerprint density at radius 2 is 1.84 bits per heavy atom. The number of anilines is 1. The van der Waals surface area contributed by atoms with Crippen LogP contribution in [0.5, 0.6) is 11.5 Å². The van der Waals surface area contributed by atoms with Gasteiger partial charge >= 0.3 is 11.9 Å². The van der Waals surface area contributed by atoms with Crippen LogP contribution >= 0.6 is 11.6 Å². The number of halogens is 1. The van der Waals surface area contributed by atoms with Crippen molar-refractivity contribution in [2.75, 3.05) is 18.5 Å². The molecule has 5 N–H and O–H groups in total. The lowest BCUT2D eigenvalue weighted by atomic mass is 9.59. The first-order valence-electron chi connectivity index (χ1n) is 21.7. The summed E-state index contributed by atoms with van der Waals surface area (Å²) in [4.78, 5) is 45.9. The lowest BCUT2D eigenvalue weighted by Crippen LogP contribution is -2.53. The molecule has 320 valence electrons. The van der Waals surface area contributed by atoms with Crippen molar-refractivity contribution in [2.45, 2.75) is 107 Å². The molecule has 1 fully saturated rings. The van der Waals surface area contributed by atoms with E-state index in [1.165, 1.54) is 16.7 Å². The summed E-state index contributed by atoms with van der Waals surface area (Å²) < 4.78 is 12.9. The monoisotopic (exact) mass is 846 g/mol. The summed E-state index contributed by atoms with van der Waals surface area (Å²) in [7, 11) is 0. The van der Waals surface area contributed by atoms with Crippen LogP contribution in [-0.2, 0) is 32.6 Å². The third kappa shape index (κ3) is 8.94. The molecule has 4 atom stereocenters. The fourth-order valence-corrected chi connectivity index (χ4v) is 10.5. The Kier molecular flexibility index (Phi) is 12.3. The molecule has 1 spiro atoms. The fourth-order valence-electron chi connectivity index (χ4n) is 10.4. The number of rotatable bonds is 16. The van der Waals surface area contributed by atoms with E-state index in [4.69, 9.17) is 21.1 Å². The van der Waals surface area contributed by atoms with Crippen molar-refractivity contribution >= 4 is 46.0 Å². The van der Waals surface area contributed by atoms with E-state index in [0.29, 0.717) is 66.7 Å². The Hall–Kier alpha value is -5.55. The van der Waals surface area contributed by atoms with Gasteiger partial charge in [0.15, 0.2) is 6.04 Å². The number of nitrogens with one attached hydrogen (secondary N) is 3. The molecular formula is C49H55ClN4O7. The molecule has 5 aromatic rings. The zero-order valence-corrected chi connectivity index (χ0v) is 35.6. The van der Waals surface area contributed by atoms with Gasteiger partial charge in [-0.1, -0.05) is 49.7 Å². The second-order valence-corrected chi connectivity index (χ2v) is 18.1. The van der Waals surface area contributed by atoms with E-state index in [2.05, 4.69) is 46.6 Å². The largest absolute Gasteiger partial charge is 0.494 e. The summed E-state index contributed by atoms with van der Waals surface area (Å²) in [6, 6.07) is 21.5. The molecule has 8 rings (SSSR count). The number of aryl methyl sites for hydroxylation is 1. The number of aromatic nitrogens is 2. The summed E-state index contributed by atoms with van der Waals surface area (Å²) in [6.45, 7) is 5.36. The number of pyridine rings is 1. The van der Waals surface area contributed by atoms with Crippen LogP contribution in [0.4, 0.5) is 5.69 Å². The molecule has 1 amide bonds. The first kappa shape index (κ1) is 42.2. The zero-order chi connectivity index (χ0) is 42.7. The topological polar surface area (TPSA) is 163 Å². The van der Waals surface area contributed by atoms with Gasteiger partial charge in [-0.3, -0.25) is 9.78 Å². The smallest absolute Gasteiger partial charge is 0.330 e. The maximum Gasteiger partial charge on any atom is 0.330 e. The van der Waals surface area contributed by atoms with E-state index >= 15 is 0 Å². The van der Waals surface area contributed by atoms with E-state index in [9.17, 15) is 24.6 Å². The molecule has 0 radical (unpaired) electrons. The van der Waals surface area contributed by atoms with Crippen LogP contribution in [-0.4, -0.2) is 56.8 Å². The Morgan fingerprint density at radius 1 is 1.00 bits per heavy atom. The Labute approximate surface area is 361 Å². The lowest BCUT2D eigenvalue weighted by Gasteiger charge is -2.47. The number of nitrogens with zero attached hydrogens (tertiary/aromatic N) is 1. The predicted octanol–water partition coefficient (Wildman–Crippen LogP) is 9.78. The molecule has 0 saturated heterocycles. The fraction of sp³-hybridized carbons (Fsp3) is 0.429. The Bertz CT molecular complexity index is 2410. The number of benzene rings is 3. The highest BCUT2D eigenvalue weighted by Crippen LogP contribution is 2.57. The number of amides is 1. The summed E-state index contributed by atoms with van der Waals surface area (Å²) in [5.74, 6) is 0.199. The quantitative estimate of drug-likeness (QED) is 0.0609. The van der Waals surface area contributed by atoms with Crippen LogP contribution < -0.4 is 20.1 Å². The van der Waals surface area contributed by atoms with Gasteiger partial charge in [0.05, 0.1) is 13.2 Å². The highest BCUT2D eigenvalue weighted by Gasteiger charge is 2.54. The summed E-state index contributed by atoms with van der Waals surface area (Å²) in [5.41, 5.74) is 5.44. The maximum atomic E-state index is 13.1. The number of aliphatic carboxylic acids is 2. The number of carboxylic acids is 2. The molecule has 3 aliphatic carbocycles. The normalized spacial score (nSPS) is 22.8. The van der Waals surface area contributed by atoms with Crippen molar-refractivity contribution in [1.82, 2.24) is 15.3 Å². The Balaban J connectivity index is 0.957. The molecule has 0 aliphatic heterocycles.